The highest BCUT2D eigenvalue weighted by atomic mass is 32.2. The van der Waals surface area contributed by atoms with Gasteiger partial charge in [-0.1, -0.05) is 37.6 Å². The highest BCUT2D eigenvalue weighted by molar-refractivity contribution is 7.92. The Morgan fingerprint density at radius 2 is 1.69 bits per heavy atom. The van der Waals surface area contributed by atoms with E-state index in [4.69, 9.17) is 0 Å². The van der Waals surface area contributed by atoms with E-state index in [1.165, 1.54) is 36.4 Å². The standard InChI is InChI=1S/C20H27N3O5S/c1-4-21(5-2)14-19(24)15-22(17-7-6-8-18(13-17)23(25)26)29(27,28)20-11-9-16(3)10-12-20/h6-13,19,24H,4-5,14-15H2,1-3H3. The number of likely N-dealkylation sites (N-methyl/N-ethyl adjacent to an activating group) is 1. The molecule has 8 nitrogen and oxygen atoms in total. The van der Waals surface area contributed by atoms with Crippen LogP contribution < -0.4 is 4.31 Å². The number of nitro groups is 1. The van der Waals surface area contributed by atoms with Crippen molar-refractivity contribution in [3.8, 4) is 0 Å². The summed E-state index contributed by atoms with van der Waals surface area (Å²) in [4.78, 5) is 12.6. The van der Waals surface area contributed by atoms with Crippen LogP contribution in [0.5, 0.6) is 0 Å². The lowest BCUT2D eigenvalue weighted by Gasteiger charge is -2.29. The van der Waals surface area contributed by atoms with Gasteiger partial charge in [0.1, 0.15) is 0 Å². The van der Waals surface area contributed by atoms with Crippen molar-refractivity contribution in [3.05, 3.63) is 64.2 Å². The monoisotopic (exact) mass is 421 g/mol. The second kappa shape index (κ2) is 9.82. The molecule has 0 bridgehead atoms. The van der Waals surface area contributed by atoms with Crippen molar-refractivity contribution in [2.45, 2.75) is 31.8 Å². The van der Waals surface area contributed by atoms with Gasteiger partial charge in [-0.15, -0.1) is 0 Å². The number of hydrogen-bond acceptors (Lipinski definition) is 6. The molecule has 0 heterocycles. The molecule has 0 spiro atoms. The first-order valence-electron chi connectivity index (χ1n) is 9.43. The van der Waals surface area contributed by atoms with E-state index in [1.54, 1.807) is 12.1 Å². The van der Waals surface area contributed by atoms with Crippen molar-refractivity contribution < 1.29 is 18.4 Å². The number of sulfonamides is 1. The van der Waals surface area contributed by atoms with Crippen LogP contribution in [0.1, 0.15) is 19.4 Å². The van der Waals surface area contributed by atoms with Crippen molar-refractivity contribution in [3.63, 3.8) is 0 Å². The van der Waals surface area contributed by atoms with E-state index in [-0.39, 0.29) is 22.8 Å². The number of aliphatic hydroxyl groups excluding tert-OH is 1. The van der Waals surface area contributed by atoms with E-state index >= 15 is 0 Å². The van der Waals surface area contributed by atoms with Crippen LogP contribution in [0.25, 0.3) is 0 Å². The Kier molecular flexibility index (Phi) is 7.72. The van der Waals surface area contributed by atoms with E-state index < -0.39 is 21.1 Å². The van der Waals surface area contributed by atoms with Gasteiger partial charge < -0.3 is 10.0 Å². The summed E-state index contributed by atoms with van der Waals surface area (Å²) in [5, 5.41) is 21.7. The Morgan fingerprint density at radius 1 is 1.07 bits per heavy atom. The second-order valence-electron chi connectivity index (χ2n) is 6.77. The summed E-state index contributed by atoms with van der Waals surface area (Å²) >= 11 is 0. The number of aliphatic hydroxyl groups is 1. The van der Waals surface area contributed by atoms with Gasteiger partial charge in [0.2, 0.25) is 0 Å². The molecule has 0 amide bonds. The SMILES string of the molecule is CCN(CC)CC(O)CN(c1cccc([N+](=O)[O-])c1)S(=O)(=O)c1ccc(C)cc1. The molecule has 0 aliphatic rings. The molecule has 2 aromatic carbocycles. The fourth-order valence-electron chi connectivity index (χ4n) is 2.97. The minimum atomic E-state index is -4.03. The molecule has 0 aromatic heterocycles. The van der Waals surface area contributed by atoms with E-state index in [1.807, 2.05) is 25.7 Å². The summed E-state index contributed by atoms with van der Waals surface area (Å²) in [5.41, 5.74) is 0.829. The summed E-state index contributed by atoms with van der Waals surface area (Å²) < 4.78 is 27.7. The van der Waals surface area contributed by atoms with Crippen LogP contribution >= 0.6 is 0 Å². The molecule has 0 saturated heterocycles. The van der Waals surface area contributed by atoms with Gasteiger partial charge in [-0.2, -0.15) is 0 Å². The van der Waals surface area contributed by atoms with Crippen molar-refractivity contribution in [1.29, 1.82) is 0 Å². The fourth-order valence-corrected chi connectivity index (χ4v) is 4.46. The molecule has 0 aliphatic carbocycles. The van der Waals surface area contributed by atoms with Gasteiger partial charge in [-0.25, -0.2) is 8.42 Å². The first kappa shape index (κ1) is 22.8. The van der Waals surface area contributed by atoms with Gasteiger partial charge in [0.15, 0.2) is 0 Å². The Morgan fingerprint density at radius 3 is 2.24 bits per heavy atom. The third-order valence-electron chi connectivity index (χ3n) is 4.68. The maximum Gasteiger partial charge on any atom is 0.271 e. The fraction of sp³-hybridized carbons (Fsp3) is 0.400. The molecule has 0 saturated carbocycles. The van der Waals surface area contributed by atoms with Crippen molar-refractivity contribution in [2.24, 2.45) is 0 Å². The van der Waals surface area contributed by atoms with Gasteiger partial charge in [-0.3, -0.25) is 14.4 Å². The van der Waals surface area contributed by atoms with E-state index in [2.05, 4.69) is 0 Å². The third-order valence-corrected chi connectivity index (χ3v) is 6.49. The topological polar surface area (TPSA) is 104 Å². The summed E-state index contributed by atoms with van der Waals surface area (Å²) in [7, 11) is -4.03. The summed E-state index contributed by atoms with van der Waals surface area (Å²) in [6, 6.07) is 11.8. The van der Waals surface area contributed by atoms with Crippen molar-refractivity contribution >= 4 is 21.4 Å². The molecule has 0 fully saturated rings. The molecular formula is C20H27N3O5S. The Hall–Kier alpha value is -2.49. The van der Waals surface area contributed by atoms with Crippen LogP contribution in [-0.2, 0) is 10.0 Å². The lowest BCUT2D eigenvalue weighted by Crippen LogP contribution is -2.43. The van der Waals surface area contributed by atoms with Crippen LogP contribution in [-0.4, -0.2) is 55.6 Å². The molecule has 158 valence electrons. The number of non-ortho nitro benzene ring substituents is 1. The van der Waals surface area contributed by atoms with Crippen molar-refractivity contribution in [2.75, 3.05) is 30.5 Å². The number of hydrogen-bond donors (Lipinski definition) is 1. The summed E-state index contributed by atoms with van der Waals surface area (Å²) in [5.74, 6) is 0. The van der Waals surface area contributed by atoms with Crippen LogP contribution in [0.15, 0.2) is 53.4 Å². The average molecular weight is 422 g/mol. The smallest absolute Gasteiger partial charge is 0.271 e. The molecule has 0 radical (unpaired) electrons. The summed E-state index contributed by atoms with van der Waals surface area (Å²) in [6.07, 6.45) is -0.964. The zero-order valence-electron chi connectivity index (χ0n) is 16.9. The van der Waals surface area contributed by atoms with Crippen LogP contribution in [0.3, 0.4) is 0 Å². The largest absolute Gasteiger partial charge is 0.390 e. The number of anilines is 1. The molecule has 2 rings (SSSR count). The molecule has 0 aliphatic heterocycles. The second-order valence-corrected chi connectivity index (χ2v) is 8.63. The number of aryl methyl sites for hydroxylation is 1. The third kappa shape index (κ3) is 5.75. The lowest BCUT2D eigenvalue weighted by atomic mass is 10.2. The Balaban J connectivity index is 2.46. The van der Waals surface area contributed by atoms with Gasteiger partial charge in [0, 0.05) is 18.7 Å². The van der Waals surface area contributed by atoms with E-state index in [9.17, 15) is 23.6 Å². The van der Waals surface area contributed by atoms with Gasteiger partial charge in [0.05, 0.1) is 28.2 Å². The maximum absolute atomic E-state index is 13.3. The summed E-state index contributed by atoms with van der Waals surface area (Å²) in [6.45, 7) is 7.28. The molecular weight excluding hydrogens is 394 g/mol. The molecule has 1 atom stereocenters. The predicted octanol–water partition coefficient (Wildman–Crippen LogP) is 2.80. The molecule has 1 unspecified atom stereocenters. The normalized spacial score (nSPS) is 12.7. The molecule has 2 aromatic rings. The number of nitro benzene ring substituents is 1. The van der Waals surface area contributed by atoms with E-state index in [0.717, 1.165) is 23.0 Å². The number of benzene rings is 2. The molecule has 9 heteroatoms. The lowest BCUT2D eigenvalue weighted by molar-refractivity contribution is -0.384. The minimum absolute atomic E-state index is 0.0599. The number of rotatable bonds is 10. The Bertz CT molecular complexity index is 927. The van der Waals surface area contributed by atoms with Crippen molar-refractivity contribution in [1.82, 2.24) is 4.90 Å². The maximum atomic E-state index is 13.3. The van der Waals surface area contributed by atoms with Crippen LogP contribution in [0.2, 0.25) is 0 Å². The van der Waals surface area contributed by atoms with Gasteiger partial charge in [-0.05, 0) is 38.2 Å². The average Bonchev–Trinajstić information content (AvgIpc) is 2.70. The highest BCUT2D eigenvalue weighted by Gasteiger charge is 2.28. The zero-order chi connectivity index (χ0) is 21.6. The Labute approximate surface area is 171 Å². The zero-order valence-corrected chi connectivity index (χ0v) is 17.7. The van der Waals surface area contributed by atoms with Crippen LogP contribution in [0.4, 0.5) is 11.4 Å². The first-order chi connectivity index (χ1) is 13.7. The molecule has 29 heavy (non-hydrogen) atoms. The van der Waals surface area contributed by atoms with Crippen LogP contribution in [0, 0.1) is 17.0 Å². The van der Waals surface area contributed by atoms with Gasteiger partial charge >= 0.3 is 0 Å². The molecule has 1 N–H and O–H groups in total. The van der Waals surface area contributed by atoms with Gasteiger partial charge in [0.25, 0.3) is 15.7 Å². The minimum Gasteiger partial charge on any atom is -0.390 e. The van der Waals surface area contributed by atoms with E-state index in [0.29, 0.717) is 6.54 Å². The quantitative estimate of drug-likeness (QED) is 0.467. The highest BCUT2D eigenvalue weighted by Crippen LogP contribution is 2.27. The predicted molar refractivity (Wildman–Crippen MR) is 113 cm³/mol. The number of nitrogens with zero attached hydrogens (tertiary/aromatic N) is 3. The first-order valence-corrected chi connectivity index (χ1v) is 10.9.